The lowest BCUT2D eigenvalue weighted by atomic mass is 10.1. The molecule has 2 heterocycles. The van der Waals surface area contributed by atoms with Crippen molar-refractivity contribution in [2.75, 3.05) is 23.4 Å². The van der Waals surface area contributed by atoms with Crippen molar-refractivity contribution >= 4 is 17.3 Å². The Morgan fingerprint density at radius 3 is 2.75 bits per heavy atom. The minimum absolute atomic E-state index is 0.244. The molecule has 1 saturated heterocycles. The summed E-state index contributed by atoms with van der Waals surface area (Å²) in [5, 5.41) is 4.17. The SMILES string of the molecule is C/C(=N/Nc1nc(C)cc(=O)[nH]1)c1ccc(N2CCCC2)c(F)c1. The molecule has 0 aliphatic carbocycles. The molecule has 1 fully saturated rings. The van der Waals surface area contributed by atoms with Gasteiger partial charge in [-0.1, -0.05) is 6.07 Å². The maximum atomic E-state index is 14.4. The van der Waals surface area contributed by atoms with Crippen molar-refractivity contribution in [1.29, 1.82) is 0 Å². The molecule has 7 heteroatoms. The van der Waals surface area contributed by atoms with Gasteiger partial charge in [-0.05, 0) is 38.8 Å². The normalized spacial score (nSPS) is 15.0. The number of halogens is 1. The molecule has 1 aromatic heterocycles. The first-order chi connectivity index (χ1) is 11.5. The third-order valence-electron chi connectivity index (χ3n) is 4.01. The molecule has 0 unspecified atom stereocenters. The molecule has 0 spiro atoms. The Hall–Kier alpha value is -2.70. The minimum Gasteiger partial charge on any atom is -0.369 e. The van der Waals surface area contributed by atoms with Gasteiger partial charge in [0, 0.05) is 30.4 Å². The van der Waals surface area contributed by atoms with Crippen molar-refractivity contribution < 1.29 is 4.39 Å². The van der Waals surface area contributed by atoms with Crippen LogP contribution in [0.2, 0.25) is 0 Å². The molecule has 0 bridgehead atoms. The third-order valence-corrected chi connectivity index (χ3v) is 4.01. The summed E-state index contributed by atoms with van der Waals surface area (Å²) in [5.41, 5.74) is 4.97. The van der Waals surface area contributed by atoms with Crippen LogP contribution in [0.1, 0.15) is 31.0 Å². The molecule has 1 aromatic carbocycles. The van der Waals surface area contributed by atoms with E-state index in [0.717, 1.165) is 25.9 Å². The standard InChI is InChI=1S/C17H20FN5O/c1-11-9-16(24)20-17(19-11)22-21-12(2)13-5-6-15(14(18)10-13)23-7-3-4-8-23/h5-6,9-10H,3-4,7-8H2,1-2H3,(H2,19,20,22,24)/b21-12-. The molecule has 3 rings (SSSR count). The number of hydrogen-bond acceptors (Lipinski definition) is 5. The molecule has 1 aliphatic rings. The van der Waals surface area contributed by atoms with Gasteiger partial charge in [-0.15, -0.1) is 0 Å². The highest BCUT2D eigenvalue weighted by atomic mass is 19.1. The summed E-state index contributed by atoms with van der Waals surface area (Å²) in [6, 6.07) is 6.53. The van der Waals surface area contributed by atoms with E-state index in [1.54, 1.807) is 19.9 Å². The number of aromatic nitrogens is 2. The van der Waals surface area contributed by atoms with Gasteiger partial charge in [0.1, 0.15) is 5.82 Å². The Balaban J connectivity index is 1.77. The van der Waals surface area contributed by atoms with Gasteiger partial charge >= 0.3 is 0 Å². The number of hydrazone groups is 1. The zero-order chi connectivity index (χ0) is 17.1. The third kappa shape index (κ3) is 3.61. The van der Waals surface area contributed by atoms with E-state index in [2.05, 4.69) is 25.4 Å². The van der Waals surface area contributed by atoms with Crippen LogP contribution in [0.5, 0.6) is 0 Å². The lowest BCUT2D eigenvalue weighted by Crippen LogP contribution is -2.19. The summed E-state index contributed by atoms with van der Waals surface area (Å²) in [6.45, 7) is 5.29. The Kier molecular flexibility index (Phi) is 4.59. The van der Waals surface area contributed by atoms with Crippen LogP contribution in [0, 0.1) is 12.7 Å². The molecule has 0 saturated carbocycles. The van der Waals surface area contributed by atoms with E-state index in [4.69, 9.17) is 0 Å². The number of benzene rings is 1. The molecule has 1 aliphatic heterocycles. The van der Waals surface area contributed by atoms with Crippen LogP contribution in [-0.4, -0.2) is 28.8 Å². The number of aromatic amines is 1. The Morgan fingerprint density at radius 2 is 2.08 bits per heavy atom. The molecule has 6 nitrogen and oxygen atoms in total. The highest BCUT2D eigenvalue weighted by molar-refractivity contribution is 5.99. The maximum Gasteiger partial charge on any atom is 0.252 e. The lowest BCUT2D eigenvalue weighted by molar-refractivity contribution is 0.623. The Labute approximate surface area is 139 Å². The molecule has 0 amide bonds. The van der Waals surface area contributed by atoms with Gasteiger partial charge in [0.15, 0.2) is 0 Å². The van der Waals surface area contributed by atoms with Crippen molar-refractivity contribution in [2.45, 2.75) is 26.7 Å². The number of rotatable bonds is 4. The van der Waals surface area contributed by atoms with Crippen LogP contribution < -0.4 is 15.9 Å². The number of H-pyrrole nitrogens is 1. The summed E-state index contributed by atoms with van der Waals surface area (Å²) in [5.74, 6) is 0.0135. The first-order valence-electron chi connectivity index (χ1n) is 7.96. The van der Waals surface area contributed by atoms with Crippen LogP contribution in [0.25, 0.3) is 0 Å². The molecule has 2 aromatic rings. The Morgan fingerprint density at radius 1 is 1.33 bits per heavy atom. The van der Waals surface area contributed by atoms with Gasteiger partial charge in [-0.3, -0.25) is 9.78 Å². The van der Waals surface area contributed by atoms with Gasteiger partial charge in [0.05, 0.1) is 11.4 Å². The first-order valence-corrected chi connectivity index (χ1v) is 7.96. The highest BCUT2D eigenvalue weighted by Crippen LogP contribution is 2.24. The fraction of sp³-hybridized carbons (Fsp3) is 0.353. The molecular weight excluding hydrogens is 309 g/mol. The molecule has 0 radical (unpaired) electrons. The van der Waals surface area contributed by atoms with Gasteiger partial charge in [-0.25, -0.2) is 14.8 Å². The van der Waals surface area contributed by atoms with Crippen LogP contribution in [-0.2, 0) is 0 Å². The van der Waals surface area contributed by atoms with Crippen molar-refractivity contribution in [3.8, 4) is 0 Å². The number of nitrogens with one attached hydrogen (secondary N) is 2. The predicted molar refractivity (Wildman–Crippen MR) is 93.3 cm³/mol. The van der Waals surface area contributed by atoms with E-state index in [-0.39, 0.29) is 17.3 Å². The number of hydrogen-bond donors (Lipinski definition) is 2. The fourth-order valence-corrected chi connectivity index (χ4v) is 2.78. The van der Waals surface area contributed by atoms with Crippen LogP contribution in [0.3, 0.4) is 0 Å². The van der Waals surface area contributed by atoms with Gasteiger partial charge < -0.3 is 4.90 Å². The van der Waals surface area contributed by atoms with Gasteiger partial charge in [0.25, 0.3) is 5.56 Å². The number of aryl methyl sites for hydroxylation is 1. The second-order valence-corrected chi connectivity index (χ2v) is 5.90. The lowest BCUT2D eigenvalue weighted by Gasteiger charge is -2.18. The van der Waals surface area contributed by atoms with Crippen molar-refractivity contribution in [2.24, 2.45) is 5.10 Å². The topological polar surface area (TPSA) is 73.4 Å². The van der Waals surface area contributed by atoms with Crippen LogP contribution >= 0.6 is 0 Å². The number of anilines is 2. The van der Waals surface area contributed by atoms with E-state index in [1.165, 1.54) is 12.1 Å². The smallest absolute Gasteiger partial charge is 0.252 e. The van der Waals surface area contributed by atoms with Gasteiger partial charge in [0.2, 0.25) is 5.95 Å². The average molecular weight is 329 g/mol. The van der Waals surface area contributed by atoms with Crippen molar-refractivity contribution in [1.82, 2.24) is 9.97 Å². The van der Waals surface area contributed by atoms with E-state index < -0.39 is 0 Å². The van der Waals surface area contributed by atoms with E-state index in [9.17, 15) is 9.18 Å². The largest absolute Gasteiger partial charge is 0.369 e. The second kappa shape index (κ2) is 6.82. The molecule has 2 N–H and O–H groups in total. The summed E-state index contributed by atoms with van der Waals surface area (Å²) in [4.78, 5) is 20.1. The van der Waals surface area contributed by atoms with Crippen LogP contribution in [0.4, 0.5) is 16.0 Å². The summed E-state index contributed by atoms with van der Waals surface area (Å²) in [6.07, 6.45) is 2.21. The summed E-state index contributed by atoms with van der Waals surface area (Å²) >= 11 is 0. The molecule has 24 heavy (non-hydrogen) atoms. The van der Waals surface area contributed by atoms with Gasteiger partial charge in [-0.2, -0.15) is 5.10 Å². The monoisotopic (exact) mass is 329 g/mol. The van der Waals surface area contributed by atoms with E-state index in [1.807, 2.05) is 6.07 Å². The second-order valence-electron chi connectivity index (χ2n) is 5.90. The average Bonchev–Trinajstić information content (AvgIpc) is 3.05. The molecular formula is C17H20FN5O. The van der Waals surface area contributed by atoms with Crippen molar-refractivity contribution in [3.05, 3.63) is 51.7 Å². The number of nitrogens with zero attached hydrogens (tertiary/aromatic N) is 3. The first kappa shape index (κ1) is 16.2. The summed E-state index contributed by atoms with van der Waals surface area (Å²) < 4.78 is 14.4. The zero-order valence-corrected chi connectivity index (χ0v) is 13.8. The van der Waals surface area contributed by atoms with E-state index >= 15 is 0 Å². The summed E-state index contributed by atoms with van der Waals surface area (Å²) in [7, 11) is 0. The quantitative estimate of drug-likeness (QED) is 0.668. The molecule has 126 valence electrons. The zero-order valence-electron chi connectivity index (χ0n) is 13.8. The van der Waals surface area contributed by atoms with E-state index in [0.29, 0.717) is 22.7 Å². The van der Waals surface area contributed by atoms with Crippen LogP contribution in [0.15, 0.2) is 34.2 Å². The highest BCUT2D eigenvalue weighted by Gasteiger charge is 2.16. The Bertz CT molecular complexity index is 824. The fourth-order valence-electron chi connectivity index (χ4n) is 2.78. The predicted octanol–water partition coefficient (Wildman–Crippen LogP) is 2.65. The molecule has 0 atom stereocenters. The maximum absolute atomic E-state index is 14.4. The van der Waals surface area contributed by atoms with Crippen molar-refractivity contribution in [3.63, 3.8) is 0 Å². The minimum atomic E-state index is -0.251.